The van der Waals surface area contributed by atoms with Gasteiger partial charge >= 0.3 is 5.97 Å². The fourth-order valence-electron chi connectivity index (χ4n) is 2.48. The predicted octanol–water partition coefficient (Wildman–Crippen LogP) is -1.96. The van der Waals surface area contributed by atoms with Gasteiger partial charge in [-0.2, -0.15) is 0 Å². The van der Waals surface area contributed by atoms with Crippen LogP contribution in [0.3, 0.4) is 0 Å². The molecule has 0 fully saturated rings. The lowest BCUT2D eigenvalue weighted by molar-refractivity contribution is -0.139. The van der Waals surface area contributed by atoms with Crippen molar-refractivity contribution in [2.75, 3.05) is 13.1 Å². The van der Waals surface area contributed by atoms with Gasteiger partial charge in [0.15, 0.2) is 0 Å². The van der Waals surface area contributed by atoms with Crippen LogP contribution in [0.2, 0.25) is 0 Å². The molecule has 5 unspecified atom stereocenters. The molecule has 0 aromatic rings. The summed E-state index contributed by atoms with van der Waals surface area (Å²) in [4.78, 5) is 48.0. The highest BCUT2D eigenvalue weighted by Crippen LogP contribution is 2.10. The number of carbonyl (C=O) groups excluding carboxylic acids is 3. The Hall–Kier alpha value is -2.24. The van der Waals surface area contributed by atoms with Gasteiger partial charge in [0, 0.05) is 0 Å². The standard InChI is InChI=1S/C18H35N5O6/c1-4-10(2)15(18(29)21-9-13(25)26)23-16(27)12(7-5-6-8-19)22-17(28)14(20)11(3)24/h10-12,14-15,24H,4-9,19-20H2,1-3H3,(H,21,29)(H,22,28)(H,23,27)(H,25,26). The van der Waals surface area contributed by atoms with E-state index in [2.05, 4.69) is 16.0 Å². The molecule has 5 atom stereocenters. The second-order valence-corrected chi connectivity index (χ2v) is 7.10. The number of hydrogen-bond acceptors (Lipinski definition) is 7. The minimum atomic E-state index is -1.20. The fraction of sp³-hybridized carbons (Fsp3) is 0.778. The number of amides is 3. The van der Waals surface area contributed by atoms with Crippen LogP contribution in [0.1, 0.15) is 46.5 Å². The highest BCUT2D eigenvalue weighted by atomic mass is 16.4. The van der Waals surface area contributed by atoms with E-state index in [0.717, 1.165) is 0 Å². The van der Waals surface area contributed by atoms with Gasteiger partial charge in [0.05, 0.1) is 6.10 Å². The highest BCUT2D eigenvalue weighted by molar-refractivity contribution is 5.93. The van der Waals surface area contributed by atoms with Crippen LogP contribution in [0, 0.1) is 5.92 Å². The first-order valence-corrected chi connectivity index (χ1v) is 9.79. The Balaban J connectivity index is 5.29. The number of hydrogen-bond donors (Lipinski definition) is 7. The summed E-state index contributed by atoms with van der Waals surface area (Å²) >= 11 is 0. The maximum atomic E-state index is 12.8. The molecule has 0 saturated carbocycles. The molecule has 11 nitrogen and oxygen atoms in total. The van der Waals surface area contributed by atoms with E-state index in [9.17, 15) is 24.3 Å². The number of nitrogens with one attached hydrogen (secondary N) is 3. The van der Waals surface area contributed by atoms with Gasteiger partial charge in [-0.05, 0) is 38.6 Å². The average molecular weight is 418 g/mol. The van der Waals surface area contributed by atoms with Crippen molar-refractivity contribution in [2.45, 2.75) is 70.7 Å². The van der Waals surface area contributed by atoms with E-state index in [1.165, 1.54) is 6.92 Å². The molecular formula is C18H35N5O6. The Morgan fingerprint density at radius 3 is 2.10 bits per heavy atom. The molecule has 0 spiro atoms. The van der Waals surface area contributed by atoms with E-state index in [0.29, 0.717) is 25.8 Å². The molecule has 0 heterocycles. The summed E-state index contributed by atoms with van der Waals surface area (Å²) in [5, 5.41) is 25.6. The number of aliphatic hydroxyl groups excluding tert-OH is 1. The van der Waals surface area contributed by atoms with Gasteiger partial charge < -0.3 is 37.6 Å². The Kier molecular flexibility index (Phi) is 12.8. The summed E-state index contributed by atoms with van der Waals surface area (Å²) in [5.41, 5.74) is 11.1. The van der Waals surface area contributed by atoms with E-state index in [-0.39, 0.29) is 12.3 Å². The van der Waals surface area contributed by atoms with Crippen molar-refractivity contribution in [3.8, 4) is 0 Å². The molecule has 0 aromatic carbocycles. The third-order valence-corrected chi connectivity index (χ3v) is 4.61. The number of nitrogens with two attached hydrogens (primary N) is 2. The van der Waals surface area contributed by atoms with E-state index in [1.54, 1.807) is 6.92 Å². The summed E-state index contributed by atoms with van der Waals surface area (Å²) in [5.74, 6) is -3.38. The van der Waals surface area contributed by atoms with Gasteiger partial charge in [-0.15, -0.1) is 0 Å². The average Bonchev–Trinajstić information content (AvgIpc) is 2.67. The third-order valence-electron chi connectivity index (χ3n) is 4.61. The molecule has 0 aliphatic carbocycles. The monoisotopic (exact) mass is 417 g/mol. The Labute approximate surface area is 171 Å². The van der Waals surface area contributed by atoms with Gasteiger partial charge in [0.2, 0.25) is 17.7 Å². The maximum Gasteiger partial charge on any atom is 0.322 e. The summed E-state index contributed by atoms with van der Waals surface area (Å²) in [6.07, 6.45) is 0.916. The number of unbranched alkanes of at least 4 members (excludes halogenated alkanes) is 1. The summed E-state index contributed by atoms with van der Waals surface area (Å²) in [6, 6.07) is -3.15. The molecule has 0 saturated heterocycles. The van der Waals surface area contributed by atoms with Crippen LogP contribution in [-0.4, -0.2) is 71.2 Å². The predicted molar refractivity (Wildman–Crippen MR) is 107 cm³/mol. The summed E-state index contributed by atoms with van der Waals surface area (Å²) < 4.78 is 0. The first-order chi connectivity index (χ1) is 13.5. The van der Waals surface area contributed by atoms with Gasteiger partial charge in [0.1, 0.15) is 24.7 Å². The molecule has 0 bridgehead atoms. The molecule has 0 rings (SSSR count). The summed E-state index contributed by atoms with van der Waals surface area (Å²) in [7, 11) is 0. The zero-order chi connectivity index (χ0) is 22.6. The number of aliphatic hydroxyl groups is 1. The minimum absolute atomic E-state index is 0.269. The van der Waals surface area contributed by atoms with Crippen LogP contribution >= 0.6 is 0 Å². The van der Waals surface area contributed by atoms with Crippen LogP contribution in [0.15, 0.2) is 0 Å². The molecule has 3 amide bonds. The first kappa shape index (κ1) is 26.8. The smallest absolute Gasteiger partial charge is 0.322 e. The molecule has 0 aromatic heterocycles. The molecule has 0 aliphatic heterocycles. The van der Waals surface area contributed by atoms with Crippen LogP contribution in [0.5, 0.6) is 0 Å². The van der Waals surface area contributed by atoms with Crippen molar-refractivity contribution in [3.63, 3.8) is 0 Å². The van der Waals surface area contributed by atoms with Crippen LogP contribution in [-0.2, 0) is 19.2 Å². The lowest BCUT2D eigenvalue weighted by Gasteiger charge is -2.27. The second kappa shape index (κ2) is 13.9. The normalized spacial score (nSPS) is 16.1. The third kappa shape index (κ3) is 10.2. The van der Waals surface area contributed by atoms with Gasteiger partial charge in [-0.1, -0.05) is 20.3 Å². The molecule has 11 heteroatoms. The largest absolute Gasteiger partial charge is 0.480 e. The van der Waals surface area contributed by atoms with Gasteiger partial charge in [-0.25, -0.2) is 0 Å². The number of aliphatic carboxylic acids is 1. The number of carboxylic acids is 1. The molecule has 0 radical (unpaired) electrons. The van der Waals surface area contributed by atoms with E-state index < -0.39 is 54.5 Å². The second-order valence-electron chi connectivity index (χ2n) is 7.10. The summed E-state index contributed by atoms with van der Waals surface area (Å²) in [6.45, 7) is 4.79. The molecular weight excluding hydrogens is 382 g/mol. The van der Waals surface area contributed by atoms with Crippen molar-refractivity contribution in [1.82, 2.24) is 16.0 Å². The topological polar surface area (TPSA) is 197 Å². The number of carbonyl (C=O) groups is 4. The van der Waals surface area contributed by atoms with Crippen LogP contribution in [0.25, 0.3) is 0 Å². The van der Waals surface area contributed by atoms with Gasteiger partial charge in [0.25, 0.3) is 0 Å². The van der Waals surface area contributed by atoms with Crippen molar-refractivity contribution >= 4 is 23.7 Å². The van der Waals surface area contributed by atoms with Crippen molar-refractivity contribution in [3.05, 3.63) is 0 Å². The molecule has 168 valence electrons. The zero-order valence-corrected chi connectivity index (χ0v) is 17.3. The van der Waals surface area contributed by atoms with Gasteiger partial charge in [-0.3, -0.25) is 19.2 Å². The maximum absolute atomic E-state index is 12.8. The Morgan fingerprint density at radius 2 is 1.62 bits per heavy atom. The molecule has 0 aliphatic rings. The van der Waals surface area contributed by atoms with E-state index in [4.69, 9.17) is 16.6 Å². The SMILES string of the molecule is CCC(C)C(NC(=O)C(CCCCN)NC(=O)C(N)C(C)O)C(=O)NCC(=O)O. The van der Waals surface area contributed by atoms with Crippen molar-refractivity contribution < 1.29 is 29.4 Å². The molecule has 9 N–H and O–H groups in total. The first-order valence-electron chi connectivity index (χ1n) is 9.79. The lowest BCUT2D eigenvalue weighted by atomic mass is 9.97. The van der Waals surface area contributed by atoms with Crippen molar-refractivity contribution in [1.29, 1.82) is 0 Å². The van der Waals surface area contributed by atoms with Crippen molar-refractivity contribution in [2.24, 2.45) is 17.4 Å². The zero-order valence-electron chi connectivity index (χ0n) is 17.3. The Morgan fingerprint density at radius 1 is 1.00 bits per heavy atom. The fourth-order valence-corrected chi connectivity index (χ4v) is 2.48. The van der Waals surface area contributed by atoms with E-state index >= 15 is 0 Å². The minimum Gasteiger partial charge on any atom is -0.480 e. The molecule has 29 heavy (non-hydrogen) atoms. The van der Waals surface area contributed by atoms with Crippen LogP contribution < -0.4 is 27.4 Å². The Bertz CT molecular complexity index is 557. The quantitative estimate of drug-likeness (QED) is 0.158. The lowest BCUT2D eigenvalue weighted by Crippen LogP contribution is -2.58. The van der Waals surface area contributed by atoms with Crippen LogP contribution in [0.4, 0.5) is 0 Å². The number of rotatable bonds is 14. The van der Waals surface area contributed by atoms with E-state index in [1.807, 2.05) is 6.92 Å². The number of carboxylic acid groups (broad SMARTS) is 1. The highest BCUT2D eigenvalue weighted by Gasteiger charge is 2.31.